The smallest absolute Gasteiger partial charge is 0.226 e. The van der Waals surface area contributed by atoms with Crippen molar-refractivity contribution in [3.8, 4) is 0 Å². The van der Waals surface area contributed by atoms with Gasteiger partial charge in [0.25, 0.3) is 0 Å². The van der Waals surface area contributed by atoms with Gasteiger partial charge in [0.2, 0.25) is 5.91 Å². The molecule has 1 aliphatic rings. The van der Waals surface area contributed by atoms with Gasteiger partial charge in [-0.15, -0.1) is 0 Å². The van der Waals surface area contributed by atoms with Crippen LogP contribution in [0.25, 0.3) is 0 Å². The van der Waals surface area contributed by atoms with E-state index in [9.17, 15) is 4.79 Å². The van der Waals surface area contributed by atoms with Crippen LogP contribution >= 0.6 is 0 Å². The number of amides is 1. The lowest BCUT2D eigenvalue weighted by Gasteiger charge is -2.27. The Morgan fingerprint density at radius 1 is 1.60 bits per heavy atom. The first-order valence-corrected chi connectivity index (χ1v) is 5.19. The van der Waals surface area contributed by atoms with Crippen molar-refractivity contribution in [3.63, 3.8) is 0 Å². The molecule has 1 saturated heterocycles. The second-order valence-electron chi connectivity index (χ2n) is 3.84. The van der Waals surface area contributed by atoms with Crippen LogP contribution in [-0.4, -0.2) is 24.0 Å². The molecular weight excluding hydrogens is 190 g/mol. The van der Waals surface area contributed by atoms with Gasteiger partial charge in [0.05, 0.1) is 17.7 Å². The lowest BCUT2D eigenvalue weighted by atomic mass is 10.0. The van der Waals surface area contributed by atoms with E-state index in [0.717, 1.165) is 18.8 Å². The molecular formula is C11H15N3O. The van der Waals surface area contributed by atoms with E-state index >= 15 is 0 Å². The average Bonchev–Trinajstić information content (AvgIpc) is 2.16. The molecule has 1 aliphatic heterocycles. The SMILES string of the molecule is C[C@H](NC(=O)C1CNC1)c1ccccn1. The van der Waals surface area contributed by atoms with Crippen molar-refractivity contribution in [1.29, 1.82) is 0 Å². The van der Waals surface area contributed by atoms with Crippen LogP contribution in [0.2, 0.25) is 0 Å². The Labute approximate surface area is 89.1 Å². The van der Waals surface area contributed by atoms with E-state index in [2.05, 4.69) is 15.6 Å². The lowest BCUT2D eigenvalue weighted by Crippen LogP contribution is -2.51. The van der Waals surface area contributed by atoms with Gasteiger partial charge in [0, 0.05) is 19.3 Å². The van der Waals surface area contributed by atoms with Gasteiger partial charge in [-0.05, 0) is 19.1 Å². The molecule has 1 atom stereocenters. The Bertz CT molecular complexity index is 335. The van der Waals surface area contributed by atoms with E-state index in [-0.39, 0.29) is 17.9 Å². The summed E-state index contributed by atoms with van der Waals surface area (Å²) in [5, 5.41) is 6.04. The fraction of sp³-hybridized carbons (Fsp3) is 0.455. The van der Waals surface area contributed by atoms with Gasteiger partial charge in [-0.1, -0.05) is 6.07 Å². The third-order valence-corrected chi connectivity index (χ3v) is 2.64. The molecule has 0 aromatic carbocycles. The third-order valence-electron chi connectivity index (χ3n) is 2.64. The van der Waals surface area contributed by atoms with Gasteiger partial charge >= 0.3 is 0 Å². The van der Waals surface area contributed by atoms with Crippen molar-refractivity contribution in [2.75, 3.05) is 13.1 Å². The standard InChI is InChI=1S/C11H15N3O/c1-8(10-4-2-3-5-13-10)14-11(15)9-6-12-7-9/h2-5,8-9,12H,6-7H2,1H3,(H,14,15)/t8-/m0/s1. The summed E-state index contributed by atoms with van der Waals surface area (Å²) in [5.41, 5.74) is 0.901. The highest BCUT2D eigenvalue weighted by molar-refractivity contribution is 5.80. The molecule has 4 nitrogen and oxygen atoms in total. The number of hydrogen-bond donors (Lipinski definition) is 2. The fourth-order valence-electron chi connectivity index (χ4n) is 1.51. The van der Waals surface area contributed by atoms with E-state index in [1.54, 1.807) is 6.20 Å². The summed E-state index contributed by atoms with van der Waals surface area (Å²) in [4.78, 5) is 15.8. The molecule has 0 radical (unpaired) electrons. The summed E-state index contributed by atoms with van der Waals surface area (Å²) >= 11 is 0. The zero-order valence-corrected chi connectivity index (χ0v) is 8.73. The molecule has 15 heavy (non-hydrogen) atoms. The van der Waals surface area contributed by atoms with Crippen molar-refractivity contribution >= 4 is 5.91 Å². The zero-order valence-electron chi connectivity index (χ0n) is 8.73. The molecule has 1 aromatic rings. The Kier molecular flexibility index (Phi) is 2.97. The summed E-state index contributed by atoms with van der Waals surface area (Å²) in [5.74, 6) is 0.253. The highest BCUT2D eigenvalue weighted by Gasteiger charge is 2.25. The molecule has 0 unspecified atom stereocenters. The van der Waals surface area contributed by atoms with Crippen molar-refractivity contribution in [3.05, 3.63) is 30.1 Å². The molecule has 1 fully saturated rings. The number of carbonyl (C=O) groups is 1. The van der Waals surface area contributed by atoms with Crippen LogP contribution in [-0.2, 0) is 4.79 Å². The van der Waals surface area contributed by atoms with Crippen molar-refractivity contribution in [1.82, 2.24) is 15.6 Å². The quantitative estimate of drug-likeness (QED) is 0.754. The van der Waals surface area contributed by atoms with Gasteiger partial charge in [-0.2, -0.15) is 0 Å². The van der Waals surface area contributed by atoms with Gasteiger partial charge in [0.1, 0.15) is 0 Å². The van der Waals surface area contributed by atoms with Crippen LogP contribution in [0.15, 0.2) is 24.4 Å². The molecule has 0 bridgehead atoms. The van der Waals surface area contributed by atoms with Crippen LogP contribution in [0.3, 0.4) is 0 Å². The van der Waals surface area contributed by atoms with Crippen molar-refractivity contribution < 1.29 is 4.79 Å². The first kappa shape index (κ1) is 10.1. The predicted octanol–water partition coefficient (Wildman–Crippen LogP) is 0.478. The predicted molar refractivity (Wildman–Crippen MR) is 57.2 cm³/mol. The summed E-state index contributed by atoms with van der Waals surface area (Å²) in [6, 6.07) is 5.70. The monoisotopic (exact) mass is 205 g/mol. The number of nitrogens with one attached hydrogen (secondary N) is 2. The number of carbonyl (C=O) groups excluding carboxylic acids is 1. The molecule has 0 saturated carbocycles. The normalized spacial score (nSPS) is 17.9. The number of rotatable bonds is 3. The number of hydrogen-bond acceptors (Lipinski definition) is 3. The maximum atomic E-state index is 11.6. The highest BCUT2D eigenvalue weighted by Crippen LogP contribution is 2.10. The molecule has 0 spiro atoms. The fourth-order valence-corrected chi connectivity index (χ4v) is 1.51. The first-order valence-electron chi connectivity index (χ1n) is 5.19. The second kappa shape index (κ2) is 4.40. The molecule has 2 N–H and O–H groups in total. The average molecular weight is 205 g/mol. The number of pyridine rings is 1. The Balaban J connectivity index is 1.91. The highest BCUT2D eigenvalue weighted by atomic mass is 16.2. The number of aromatic nitrogens is 1. The van der Waals surface area contributed by atoms with Crippen LogP contribution in [0.1, 0.15) is 18.7 Å². The first-order chi connectivity index (χ1) is 7.27. The van der Waals surface area contributed by atoms with Gasteiger partial charge in [-0.3, -0.25) is 9.78 Å². The van der Waals surface area contributed by atoms with Crippen LogP contribution in [0.5, 0.6) is 0 Å². The molecule has 1 aromatic heterocycles. The van der Waals surface area contributed by atoms with E-state index < -0.39 is 0 Å². The second-order valence-corrected chi connectivity index (χ2v) is 3.84. The Morgan fingerprint density at radius 3 is 2.93 bits per heavy atom. The lowest BCUT2D eigenvalue weighted by molar-refractivity contribution is -0.127. The minimum atomic E-state index is -0.0145. The van der Waals surface area contributed by atoms with Crippen molar-refractivity contribution in [2.24, 2.45) is 5.92 Å². The Hall–Kier alpha value is -1.42. The van der Waals surface area contributed by atoms with Crippen LogP contribution in [0, 0.1) is 5.92 Å². The molecule has 2 heterocycles. The zero-order chi connectivity index (χ0) is 10.7. The Morgan fingerprint density at radius 2 is 2.40 bits per heavy atom. The minimum absolute atomic E-state index is 0.0145. The van der Waals surface area contributed by atoms with Gasteiger partial charge in [-0.25, -0.2) is 0 Å². The molecule has 2 rings (SSSR count). The number of nitrogens with zero attached hydrogens (tertiary/aromatic N) is 1. The molecule has 0 aliphatic carbocycles. The van der Waals surface area contributed by atoms with E-state index in [1.165, 1.54) is 0 Å². The minimum Gasteiger partial charge on any atom is -0.348 e. The van der Waals surface area contributed by atoms with E-state index in [4.69, 9.17) is 0 Å². The van der Waals surface area contributed by atoms with E-state index in [1.807, 2.05) is 25.1 Å². The molecule has 4 heteroatoms. The maximum absolute atomic E-state index is 11.6. The largest absolute Gasteiger partial charge is 0.348 e. The van der Waals surface area contributed by atoms with E-state index in [0.29, 0.717) is 0 Å². The molecule has 80 valence electrons. The van der Waals surface area contributed by atoms with Crippen LogP contribution in [0.4, 0.5) is 0 Å². The summed E-state index contributed by atoms with van der Waals surface area (Å²) in [7, 11) is 0. The summed E-state index contributed by atoms with van der Waals surface area (Å²) in [6.07, 6.45) is 1.74. The van der Waals surface area contributed by atoms with Gasteiger partial charge < -0.3 is 10.6 Å². The van der Waals surface area contributed by atoms with Crippen molar-refractivity contribution in [2.45, 2.75) is 13.0 Å². The van der Waals surface area contributed by atoms with Crippen LogP contribution < -0.4 is 10.6 Å². The summed E-state index contributed by atoms with van der Waals surface area (Å²) in [6.45, 7) is 3.54. The molecule has 1 amide bonds. The topological polar surface area (TPSA) is 54.0 Å². The maximum Gasteiger partial charge on any atom is 0.226 e. The van der Waals surface area contributed by atoms with Gasteiger partial charge in [0.15, 0.2) is 0 Å². The third kappa shape index (κ3) is 2.33. The summed E-state index contributed by atoms with van der Waals surface area (Å²) < 4.78 is 0.